The van der Waals surface area contributed by atoms with Crippen molar-refractivity contribution >= 4 is 12.4 Å². The van der Waals surface area contributed by atoms with Crippen LogP contribution < -0.4 is 5.73 Å². The van der Waals surface area contributed by atoms with E-state index in [4.69, 9.17) is 5.73 Å². The fourth-order valence-corrected chi connectivity index (χ4v) is 1.38. The molecule has 2 rings (SSSR count). The minimum atomic E-state index is -0.539. The Morgan fingerprint density at radius 1 is 1.29 bits per heavy atom. The molecule has 0 atom stereocenters. The zero-order chi connectivity index (χ0) is 9.47. The summed E-state index contributed by atoms with van der Waals surface area (Å²) in [4.78, 5) is 0. The van der Waals surface area contributed by atoms with Gasteiger partial charge in [-0.2, -0.15) is 0 Å². The molecule has 1 aromatic carbocycles. The van der Waals surface area contributed by atoms with Crippen LogP contribution >= 0.6 is 12.4 Å². The number of hydrogen-bond acceptors (Lipinski definition) is 1. The van der Waals surface area contributed by atoms with Crippen LogP contribution in [0.15, 0.2) is 18.2 Å². The van der Waals surface area contributed by atoms with Crippen molar-refractivity contribution in [1.29, 1.82) is 0 Å². The summed E-state index contributed by atoms with van der Waals surface area (Å²) in [6.07, 6.45) is 2.38. The zero-order valence-corrected chi connectivity index (χ0v) is 8.41. The molecule has 1 nitrogen and oxygen atoms in total. The van der Waals surface area contributed by atoms with Crippen molar-refractivity contribution in [2.45, 2.75) is 24.8 Å². The highest BCUT2D eigenvalue weighted by Gasteiger charge is 2.38. The molecule has 0 spiro atoms. The molecule has 4 heteroatoms. The maximum Gasteiger partial charge on any atom is 0.129 e. The molecular weight excluding hydrogens is 208 g/mol. The lowest BCUT2D eigenvalue weighted by Crippen LogP contribution is -2.25. The molecule has 0 bridgehead atoms. The monoisotopic (exact) mass is 219 g/mol. The maximum absolute atomic E-state index is 13.1. The zero-order valence-electron chi connectivity index (χ0n) is 7.59. The van der Waals surface area contributed by atoms with Gasteiger partial charge in [-0.3, -0.25) is 0 Å². The second kappa shape index (κ2) is 3.83. The Kier molecular flexibility index (Phi) is 3.12. The Bertz CT molecular complexity index is 337. The van der Waals surface area contributed by atoms with E-state index in [1.54, 1.807) is 0 Å². The Morgan fingerprint density at radius 3 is 2.43 bits per heavy atom. The average molecular weight is 220 g/mol. The summed E-state index contributed by atoms with van der Waals surface area (Å²) >= 11 is 0. The van der Waals surface area contributed by atoms with E-state index in [1.807, 2.05) is 0 Å². The summed E-state index contributed by atoms with van der Waals surface area (Å²) < 4.78 is 25.6. The first-order chi connectivity index (χ1) is 6.09. The van der Waals surface area contributed by atoms with Gasteiger partial charge in [0.05, 0.1) is 0 Å². The van der Waals surface area contributed by atoms with Gasteiger partial charge in [0, 0.05) is 11.6 Å². The minimum absolute atomic E-state index is 0. The quantitative estimate of drug-likeness (QED) is 0.812. The smallest absolute Gasteiger partial charge is 0.129 e. The van der Waals surface area contributed by atoms with Gasteiger partial charge in [-0.1, -0.05) is 6.07 Å². The van der Waals surface area contributed by atoms with Gasteiger partial charge in [-0.05, 0) is 30.9 Å². The molecule has 1 aliphatic carbocycles. The van der Waals surface area contributed by atoms with Crippen LogP contribution in [0.3, 0.4) is 0 Å². The molecule has 1 fully saturated rings. The largest absolute Gasteiger partial charge is 0.325 e. The molecule has 1 aliphatic rings. The Balaban J connectivity index is 0.000000980. The van der Waals surface area contributed by atoms with E-state index in [-0.39, 0.29) is 17.9 Å². The fraction of sp³-hybridized carbons (Fsp3) is 0.400. The minimum Gasteiger partial charge on any atom is -0.325 e. The third-order valence-corrected chi connectivity index (χ3v) is 2.45. The first kappa shape index (κ1) is 11.4. The number of hydrogen-bond donors (Lipinski definition) is 1. The van der Waals surface area contributed by atoms with Crippen LogP contribution in [0.2, 0.25) is 0 Å². The van der Waals surface area contributed by atoms with Crippen molar-refractivity contribution < 1.29 is 8.78 Å². The average Bonchev–Trinajstić information content (AvgIpc) is 2.75. The number of rotatable bonds is 2. The molecule has 2 N–H and O–H groups in total. The number of nitrogens with two attached hydrogens (primary N) is 1. The first-order valence-corrected chi connectivity index (χ1v) is 4.32. The molecule has 0 aliphatic heterocycles. The van der Waals surface area contributed by atoms with Gasteiger partial charge in [0.15, 0.2) is 0 Å². The SMILES string of the molecule is Cl.NC1(Cc2ccc(F)cc2F)CC1. The van der Waals surface area contributed by atoms with E-state index in [1.165, 1.54) is 12.1 Å². The van der Waals surface area contributed by atoms with Gasteiger partial charge >= 0.3 is 0 Å². The Labute approximate surface area is 87.7 Å². The van der Waals surface area contributed by atoms with E-state index in [2.05, 4.69) is 0 Å². The van der Waals surface area contributed by atoms with E-state index < -0.39 is 11.6 Å². The Morgan fingerprint density at radius 2 is 1.93 bits per heavy atom. The standard InChI is InChI=1S/C10H11F2N.ClH/c11-8-2-1-7(9(12)5-8)6-10(13)3-4-10;/h1-2,5H,3-4,6,13H2;1H. The predicted molar refractivity (Wildman–Crippen MR) is 53.5 cm³/mol. The lowest BCUT2D eigenvalue weighted by atomic mass is 10.0. The Hall–Kier alpha value is -0.670. The summed E-state index contributed by atoms with van der Waals surface area (Å²) in [7, 11) is 0. The summed E-state index contributed by atoms with van der Waals surface area (Å²) in [5.41, 5.74) is 6.12. The number of benzene rings is 1. The van der Waals surface area contributed by atoms with Crippen LogP contribution in [0.1, 0.15) is 18.4 Å². The van der Waals surface area contributed by atoms with Crippen LogP contribution in [-0.4, -0.2) is 5.54 Å². The molecule has 0 amide bonds. The highest BCUT2D eigenvalue weighted by Crippen LogP contribution is 2.36. The molecule has 14 heavy (non-hydrogen) atoms. The molecule has 0 unspecified atom stereocenters. The first-order valence-electron chi connectivity index (χ1n) is 4.32. The van der Waals surface area contributed by atoms with Gasteiger partial charge < -0.3 is 5.73 Å². The highest BCUT2D eigenvalue weighted by molar-refractivity contribution is 5.85. The van der Waals surface area contributed by atoms with Crippen LogP contribution in [0.4, 0.5) is 8.78 Å². The van der Waals surface area contributed by atoms with Crippen LogP contribution in [0.5, 0.6) is 0 Å². The third kappa shape index (κ3) is 2.42. The third-order valence-electron chi connectivity index (χ3n) is 2.45. The van der Waals surface area contributed by atoms with Crippen molar-refractivity contribution in [2.24, 2.45) is 5.73 Å². The molecule has 1 aromatic rings. The van der Waals surface area contributed by atoms with E-state index in [0.717, 1.165) is 18.9 Å². The van der Waals surface area contributed by atoms with E-state index in [0.29, 0.717) is 12.0 Å². The summed E-state index contributed by atoms with van der Waals surface area (Å²) in [5, 5.41) is 0. The van der Waals surface area contributed by atoms with Crippen molar-refractivity contribution in [3.8, 4) is 0 Å². The molecule has 0 aromatic heterocycles. The molecule has 0 saturated heterocycles. The lowest BCUT2D eigenvalue weighted by molar-refractivity contribution is 0.557. The van der Waals surface area contributed by atoms with E-state index in [9.17, 15) is 8.78 Å². The second-order valence-electron chi connectivity index (χ2n) is 3.77. The predicted octanol–water partition coefficient (Wildman–Crippen LogP) is 2.42. The molecular formula is C10H12ClF2N. The molecule has 1 saturated carbocycles. The summed E-state index contributed by atoms with van der Waals surface area (Å²) in [6, 6.07) is 3.64. The van der Waals surface area contributed by atoms with Gasteiger partial charge in [0.25, 0.3) is 0 Å². The van der Waals surface area contributed by atoms with Crippen molar-refractivity contribution in [2.75, 3.05) is 0 Å². The van der Waals surface area contributed by atoms with E-state index >= 15 is 0 Å². The number of halogens is 3. The fourth-order valence-electron chi connectivity index (χ4n) is 1.38. The van der Waals surface area contributed by atoms with Gasteiger partial charge in [0.1, 0.15) is 11.6 Å². The molecule has 0 heterocycles. The van der Waals surface area contributed by atoms with Gasteiger partial charge in [-0.25, -0.2) is 8.78 Å². The van der Waals surface area contributed by atoms with Crippen molar-refractivity contribution in [3.05, 3.63) is 35.4 Å². The second-order valence-corrected chi connectivity index (χ2v) is 3.77. The maximum atomic E-state index is 13.1. The summed E-state index contributed by atoms with van der Waals surface area (Å²) in [6.45, 7) is 0. The van der Waals surface area contributed by atoms with Crippen LogP contribution in [-0.2, 0) is 6.42 Å². The molecule has 78 valence electrons. The van der Waals surface area contributed by atoms with Crippen LogP contribution in [0, 0.1) is 11.6 Å². The van der Waals surface area contributed by atoms with Crippen molar-refractivity contribution in [3.63, 3.8) is 0 Å². The topological polar surface area (TPSA) is 26.0 Å². The van der Waals surface area contributed by atoms with Crippen LogP contribution in [0.25, 0.3) is 0 Å². The van der Waals surface area contributed by atoms with Crippen molar-refractivity contribution in [1.82, 2.24) is 0 Å². The lowest BCUT2D eigenvalue weighted by Gasteiger charge is -2.08. The summed E-state index contributed by atoms with van der Waals surface area (Å²) in [5.74, 6) is -1.03. The van der Waals surface area contributed by atoms with Gasteiger partial charge in [0.2, 0.25) is 0 Å². The molecule has 0 radical (unpaired) electrons. The highest BCUT2D eigenvalue weighted by atomic mass is 35.5. The normalized spacial score (nSPS) is 17.4. The van der Waals surface area contributed by atoms with Gasteiger partial charge in [-0.15, -0.1) is 12.4 Å².